The second kappa shape index (κ2) is 49.0. The predicted molar refractivity (Wildman–Crippen MR) is 292 cm³/mol. The molecule has 24 nitrogen and oxygen atoms in total. The van der Waals surface area contributed by atoms with Gasteiger partial charge in [0.1, 0.15) is 30.1 Å². The average molecular weight is 1110 g/mol. The molecular weight excluding hydrogens is 1010 g/mol. The third kappa shape index (κ3) is 46.9. The summed E-state index contributed by atoms with van der Waals surface area (Å²) < 4.78 is 0. The number of carbonyl (C=O) groups excluding carboxylic acids is 8. The normalized spacial score (nSPS) is 17.3. The molecule has 2 fully saturated rings. The van der Waals surface area contributed by atoms with Crippen molar-refractivity contribution >= 4 is 75.0 Å². The molecule has 0 aliphatic carbocycles. The van der Waals surface area contributed by atoms with E-state index >= 15 is 0 Å². The van der Waals surface area contributed by atoms with Crippen LogP contribution in [0.15, 0.2) is 0 Å². The number of Topliss-reactive ketones (excluding diaryl/α,β-unsaturated/α-hetero) is 4. The topological polar surface area (TPSA) is 318 Å². The lowest BCUT2D eigenvalue weighted by Crippen LogP contribution is -2.54. The Morgan fingerprint density at radius 2 is 0.776 bits per heavy atom. The van der Waals surface area contributed by atoms with E-state index in [1.807, 2.05) is 42.4 Å². The van der Waals surface area contributed by atoms with Gasteiger partial charge in [0.2, 0.25) is 5.91 Å². The van der Waals surface area contributed by atoms with Gasteiger partial charge in [0.15, 0.2) is 0 Å². The quantitative estimate of drug-likeness (QED) is 0.0496. The molecule has 2 rings (SSSR count). The van der Waals surface area contributed by atoms with Crippen LogP contribution in [0.5, 0.6) is 0 Å². The summed E-state index contributed by atoms with van der Waals surface area (Å²) in [5.74, 6) is -6.12. The van der Waals surface area contributed by atoms with Crippen molar-refractivity contribution < 1.29 is 73.5 Å². The number of carbonyl (C=O) groups is 10. The third-order valence-electron chi connectivity index (χ3n) is 11.2. The lowest BCUT2D eigenvalue weighted by atomic mass is 10.1. The van der Waals surface area contributed by atoms with E-state index in [0.29, 0.717) is 97.8 Å². The Bertz CT molecular complexity index is 1580. The number of unbranched alkanes of at least 4 members (excludes halogenated alkanes) is 1. The van der Waals surface area contributed by atoms with Gasteiger partial charge in [-0.15, -0.1) is 0 Å². The van der Waals surface area contributed by atoms with Crippen LogP contribution >= 0.6 is 9.12 Å². The van der Waals surface area contributed by atoms with Crippen molar-refractivity contribution in [2.24, 2.45) is 0 Å². The minimum Gasteiger partial charge on any atom is -0.549 e. The van der Waals surface area contributed by atoms with Crippen LogP contribution in [0, 0.1) is 0 Å². The lowest BCUT2D eigenvalue weighted by molar-refractivity contribution is -0.308. The summed E-state index contributed by atoms with van der Waals surface area (Å²) in [5.41, 5.74) is 0. The summed E-state index contributed by atoms with van der Waals surface area (Å²) in [4.78, 5) is 129. The second-order valence-electron chi connectivity index (χ2n) is 17.9. The van der Waals surface area contributed by atoms with Crippen molar-refractivity contribution in [3.8, 4) is 0 Å². The molecule has 1 amide bonds. The molecule has 2 unspecified atom stereocenters. The Balaban J connectivity index is -0.000000411. The molecule has 76 heavy (non-hydrogen) atoms. The van der Waals surface area contributed by atoms with Crippen LogP contribution in [0.1, 0.15) is 95.9 Å². The fourth-order valence-electron chi connectivity index (χ4n) is 7.87. The highest BCUT2D eigenvalue weighted by atomic mass is 31.0. The van der Waals surface area contributed by atoms with E-state index in [1.165, 1.54) is 20.8 Å². The molecule has 2 aliphatic rings. The number of rotatable bonds is 24. The zero-order valence-corrected chi connectivity index (χ0v) is 45.7. The Labute approximate surface area is 457 Å². The number of ketones is 4. The molecule has 1 radical (unpaired) electrons. The standard InChI is InChI=1S/C25H43N5O10.C19H34N4O5.C2H6.CH5BP.3CH4/c1-19(31)5-6-21(32)26-7-3-2-4-20-14-29(17-24(37)38)11-10-27(15-22(33)34)8-9-28(16-23(35)36)12-13-30(20)18-25(39)40;1-16(24)12-20-4-6-21(13-17(2)25)8-10-23(15-19(27)28)11-9-22(7-5-20)14-18(3)26;1-2;1-2-3;;;/h20H,2-18H2,1H3,(H,26,32)(H,33,34)(H,35,36)(H,37,38)(H,39,40);4-15H2,1-3H3,(H,27,28);1-2H3;3H2,1H3;3*1H4/p-3. The van der Waals surface area contributed by atoms with E-state index in [4.69, 9.17) is 0 Å². The van der Waals surface area contributed by atoms with Gasteiger partial charge < -0.3 is 50.0 Å². The number of carboxylic acid groups (broad SMARTS) is 5. The zero-order valence-electron chi connectivity index (χ0n) is 44.5. The number of hydrogen-bond acceptors (Lipinski definition) is 21. The van der Waals surface area contributed by atoms with Crippen LogP contribution in [0.25, 0.3) is 0 Å². The summed E-state index contributed by atoms with van der Waals surface area (Å²) >= 11 is 0. The summed E-state index contributed by atoms with van der Waals surface area (Å²) in [7, 11) is 2.45. The highest BCUT2D eigenvalue weighted by Gasteiger charge is 2.26. The van der Waals surface area contributed by atoms with Crippen molar-refractivity contribution in [1.29, 1.82) is 0 Å². The van der Waals surface area contributed by atoms with Gasteiger partial charge in [-0.2, -0.15) is 9.12 Å². The van der Waals surface area contributed by atoms with Crippen LogP contribution in [0.3, 0.4) is 0 Å². The van der Waals surface area contributed by atoms with E-state index in [0.717, 1.165) is 0 Å². The summed E-state index contributed by atoms with van der Waals surface area (Å²) in [6, 6.07) is -0.426. The Hall–Kier alpha value is -4.33. The van der Waals surface area contributed by atoms with Gasteiger partial charge in [0, 0.05) is 143 Å². The highest BCUT2D eigenvalue weighted by molar-refractivity contribution is 7.55. The smallest absolute Gasteiger partial charge is 0.317 e. The van der Waals surface area contributed by atoms with Crippen molar-refractivity contribution in [2.75, 3.05) is 157 Å². The van der Waals surface area contributed by atoms with Crippen molar-refractivity contribution in [3.63, 3.8) is 0 Å². The molecule has 0 spiro atoms. The van der Waals surface area contributed by atoms with Crippen LogP contribution < -0.4 is 20.6 Å². The first kappa shape index (κ1) is 80.5. The fraction of sp³-hybridized carbons (Fsp3) is 0.800. The Kier molecular flexibility index (Phi) is 51.9. The molecule has 443 valence electrons. The van der Waals surface area contributed by atoms with Gasteiger partial charge in [-0.1, -0.05) is 49.4 Å². The Morgan fingerprint density at radius 1 is 0.474 bits per heavy atom. The maximum atomic E-state index is 11.9. The van der Waals surface area contributed by atoms with E-state index in [2.05, 4.69) is 14.4 Å². The lowest BCUT2D eigenvalue weighted by Gasteiger charge is -2.38. The first-order valence-electron chi connectivity index (χ1n) is 25.0. The summed E-state index contributed by atoms with van der Waals surface area (Å²) in [6.45, 7) is 19.3. The maximum absolute atomic E-state index is 11.9. The molecule has 2 heterocycles. The molecular formula is C50H97BN9O15P-3. The van der Waals surface area contributed by atoms with Gasteiger partial charge in [-0.25, -0.2) is 0 Å². The third-order valence-corrected chi connectivity index (χ3v) is 11.2. The second-order valence-corrected chi connectivity index (χ2v) is 18.6. The average Bonchev–Trinajstić information content (AvgIpc) is 3.27. The molecule has 0 aromatic carbocycles. The van der Waals surface area contributed by atoms with Gasteiger partial charge in [0.05, 0.1) is 50.6 Å². The van der Waals surface area contributed by atoms with E-state index in [-0.39, 0.29) is 130 Å². The van der Waals surface area contributed by atoms with Crippen molar-refractivity contribution in [2.45, 2.75) is 109 Å². The van der Waals surface area contributed by atoms with Crippen LogP contribution in [0.2, 0.25) is 6.82 Å². The first-order chi connectivity index (χ1) is 34.4. The largest absolute Gasteiger partial charge is 0.549 e. The molecule has 26 heteroatoms. The number of hydrogen-bond donors (Lipinski definition) is 3. The van der Waals surface area contributed by atoms with Crippen LogP contribution in [0.4, 0.5) is 0 Å². The van der Waals surface area contributed by atoms with Crippen molar-refractivity contribution in [3.05, 3.63) is 0 Å². The summed E-state index contributed by atoms with van der Waals surface area (Å²) in [6.07, 6.45) is 1.86. The minimum absolute atomic E-state index is 0. The molecule has 2 aliphatic heterocycles. The molecule has 0 aromatic rings. The van der Waals surface area contributed by atoms with Gasteiger partial charge in [-0.05, 0) is 40.5 Å². The van der Waals surface area contributed by atoms with Crippen LogP contribution in [-0.4, -0.2) is 278 Å². The number of nitrogens with one attached hydrogen (secondary N) is 1. The summed E-state index contributed by atoms with van der Waals surface area (Å²) in [5, 5.41) is 55.4. The predicted octanol–water partition coefficient (Wildman–Crippen LogP) is -2.91. The first-order valence-corrected chi connectivity index (χ1v) is 25.7. The number of nitrogens with zero attached hydrogens (tertiary/aromatic N) is 8. The van der Waals surface area contributed by atoms with Crippen molar-refractivity contribution in [1.82, 2.24) is 44.5 Å². The number of amides is 1. The molecule has 0 aromatic heterocycles. The van der Waals surface area contributed by atoms with Gasteiger partial charge >= 0.3 is 11.9 Å². The van der Waals surface area contributed by atoms with Gasteiger partial charge in [-0.3, -0.25) is 68.0 Å². The molecule has 2 atom stereocenters. The van der Waals surface area contributed by atoms with Crippen LogP contribution in [-0.2, 0) is 47.9 Å². The van der Waals surface area contributed by atoms with Gasteiger partial charge in [0.25, 0.3) is 0 Å². The fourth-order valence-corrected chi connectivity index (χ4v) is 7.87. The molecule has 0 saturated carbocycles. The van der Waals surface area contributed by atoms with E-state index in [1.54, 1.807) is 31.4 Å². The maximum Gasteiger partial charge on any atom is 0.317 e. The van der Waals surface area contributed by atoms with E-state index in [9.17, 15) is 73.5 Å². The zero-order chi connectivity index (χ0) is 55.9. The van der Waals surface area contributed by atoms with E-state index < -0.39 is 49.0 Å². The highest BCUT2D eigenvalue weighted by Crippen LogP contribution is 2.13. The number of carboxylic acids is 5. The minimum atomic E-state index is -1.33. The SMILES string of the molecule is C.C.C.CC.CC(=O)CCC(=O)NCCCCC1CN(CC(=O)[O-])CCN(CC(=O)[O-])CCN(CC(=O)O)CCN1CC(=O)O.CC(=O)CN1CCN(CC(C)=O)CCN(CC(=O)[O-])CCN(CC(C)=O)CC1.C[B]P. The molecule has 3 N–H and O–H groups in total. The molecule has 2 saturated heterocycles. The molecule has 0 bridgehead atoms. The Morgan fingerprint density at radius 3 is 1.09 bits per heavy atom. The number of aliphatic carboxylic acids is 5. The monoisotopic (exact) mass is 1110 g/mol.